The highest BCUT2D eigenvalue weighted by molar-refractivity contribution is 6.01. The lowest BCUT2D eigenvalue weighted by Gasteiger charge is -2.31. The van der Waals surface area contributed by atoms with E-state index in [0.717, 1.165) is 19.4 Å². The van der Waals surface area contributed by atoms with Gasteiger partial charge in [-0.25, -0.2) is 14.1 Å². The topological polar surface area (TPSA) is 130 Å². The maximum Gasteiger partial charge on any atom is 0.255 e. The van der Waals surface area contributed by atoms with Crippen molar-refractivity contribution in [1.29, 1.82) is 5.26 Å². The third-order valence-corrected chi connectivity index (χ3v) is 6.08. The summed E-state index contributed by atoms with van der Waals surface area (Å²) in [6.07, 6.45) is 3.28. The molecule has 166 valence electrons. The van der Waals surface area contributed by atoms with E-state index in [1.807, 2.05) is 11.0 Å². The summed E-state index contributed by atoms with van der Waals surface area (Å²) in [6, 6.07) is 9.63. The van der Waals surface area contributed by atoms with Gasteiger partial charge in [-0.05, 0) is 31.0 Å². The van der Waals surface area contributed by atoms with Crippen molar-refractivity contribution in [3.05, 3.63) is 59.2 Å². The first-order valence-electron chi connectivity index (χ1n) is 10.6. The second-order valence-corrected chi connectivity index (χ2v) is 8.11. The van der Waals surface area contributed by atoms with E-state index in [1.54, 1.807) is 23.0 Å². The smallest absolute Gasteiger partial charge is 0.255 e. The molecule has 1 unspecified atom stereocenters. The van der Waals surface area contributed by atoms with Gasteiger partial charge in [0.05, 0.1) is 52.3 Å². The van der Waals surface area contributed by atoms with Gasteiger partial charge >= 0.3 is 0 Å². The monoisotopic (exact) mass is 445 g/mol. The van der Waals surface area contributed by atoms with E-state index in [2.05, 4.69) is 15.4 Å². The Morgan fingerprint density at radius 3 is 2.94 bits per heavy atom. The van der Waals surface area contributed by atoms with Crippen LogP contribution in [0.15, 0.2) is 36.5 Å². The highest BCUT2D eigenvalue weighted by Crippen LogP contribution is 2.32. The molecule has 0 spiro atoms. The summed E-state index contributed by atoms with van der Waals surface area (Å²) in [5.41, 5.74) is 7.23. The van der Waals surface area contributed by atoms with E-state index in [1.165, 1.54) is 18.2 Å². The molecule has 5 rings (SSSR count). The molecule has 0 saturated carbocycles. The summed E-state index contributed by atoms with van der Waals surface area (Å²) in [6.45, 7) is 1.42. The zero-order valence-corrected chi connectivity index (χ0v) is 17.6. The molecule has 1 atom stereocenters. The molecular formula is C23H20FN7O2. The molecule has 1 aromatic carbocycles. The number of fused-ring (bicyclic) bond motifs is 1. The van der Waals surface area contributed by atoms with Crippen molar-refractivity contribution >= 4 is 17.6 Å². The lowest BCUT2D eigenvalue weighted by atomic mass is 9.98. The number of hydrogen-bond donors (Lipinski definition) is 2. The molecule has 3 N–H and O–H groups in total. The van der Waals surface area contributed by atoms with E-state index in [0.29, 0.717) is 29.3 Å². The van der Waals surface area contributed by atoms with Gasteiger partial charge in [0.25, 0.3) is 5.91 Å². The second-order valence-electron chi connectivity index (χ2n) is 8.11. The molecule has 0 radical (unpaired) electrons. The Hall–Kier alpha value is -4.26. The molecular weight excluding hydrogens is 425 g/mol. The summed E-state index contributed by atoms with van der Waals surface area (Å²) >= 11 is 0. The van der Waals surface area contributed by atoms with E-state index >= 15 is 0 Å². The quantitative estimate of drug-likeness (QED) is 0.631. The number of nitriles is 1. The van der Waals surface area contributed by atoms with Crippen LogP contribution in [0.4, 0.5) is 10.2 Å². The van der Waals surface area contributed by atoms with Crippen molar-refractivity contribution in [3.63, 3.8) is 0 Å². The van der Waals surface area contributed by atoms with Crippen LogP contribution in [0, 0.1) is 23.1 Å². The number of benzene rings is 1. The molecule has 3 aromatic rings. The molecule has 2 aliphatic heterocycles. The zero-order chi connectivity index (χ0) is 23.1. The number of rotatable bonds is 4. The standard InChI is InChI=1S/C23H20FN7O2/c24-15-5-1-3-13(10-25)20(15)16-9-18(21-17(28-16)11-27-23(21)33)31-8-6-19(29-31)30-7-2-4-14(12-30)22(26)32/h1,3,5-6,8-9,14H,2,4,7,11-12H2,(H2,26,32)(H,27,33). The van der Waals surface area contributed by atoms with Crippen molar-refractivity contribution in [2.45, 2.75) is 19.4 Å². The highest BCUT2D eigenvalue weighted by atomic mass is 19.1. The number of anilines is 1. The first kappa shape index (κ1) is 20.6. The number of nitrogens with one attached hydrogen (secondary N) is 1. The Balaban J connectivity index is 1.59. The van der Waals surface area contributed by atoms with Crippen molar-refractivity contribution in [2.24, 2.45) is 11.7 Å². The Labute approximate surface area is 188 Å². The van der Waals surface area contributed by atoms with Gasteiger partial charge < -0.3 is 16.0 Å². The summed E-state index contributed by atoms with van der Waals surface area (Å²) in [5, 5.41) is 16.8. The number of carbonyl (C=O) groups excluding carboxylic acids is 2. The van der Waals surface area contributed by atoms with Crippen molar-refractivity contribution < 1.29 is 14.0 Å². The number of amides is 2. The number of pyridine rings is 1. The lowest BCUT2D eigenvalue weighted by Crippen LogP contribution is -2.41. The molecule has 10 heteroatoms. The van der Waals surface area contributed by atoms with E-state index in [-0.39, 0.29) is 41.1 Å². The van der Waals surface area contributed by atoms with Gasteiger partial charge in [0.1, 0.15) is 5.82 Å². The number of aromatic nitrogens is 3. The average Bonchev–Trinajstić information content (AvgIpc) is 3.46. The molecule has 4 heterocycles. The van der Waals surface area contributed by atoms with Gasteiger partial charge in [-0.3, -0.25) is 9.59 Å². The molecule has 1 saturated heterocycles. The highest BCUT2D eigenvalue weighted by Gasteiger charge is 2.29. The normalized spacial score (nSPS) is 17.4. The Morgan fingerprint density at radius 2 is 2.15 bits per heavy atom. The molecule has 9 nitrogen and oxygen atoms in total. The summed E-state index contributed by atoms with van der Waals surface area (Å²) in [7, 11) is 0. The van der Waals surface area contributed by atoms with Crippen LogP contribution in [0.5, 0.6) is 0 Å². The number of nitrogens with two attached hydrogens (primary N) is 1. The molecule has 2 amide bonds. The molecule has 33 heavy (non-hydrogen) atoms. The molecule has 0 bridgehead atoms. The third-order valence-electron chi connectivity index (χ3n) is 6.08. The summed E-state index contributed by atoms with van der Waals surface area (Å²) in [4.78, 5) is 30.6. The van der Waals surface area contributed by atoms with Crippen LogP contribution in [0.3, 0.4) is 0 Å². The van der Waals surface area contributed by atoms with Crippen LogP contribution in [0.25, 0.3) is 16.9 Å². The van der Waals surface area contributed by atoms with Crippen molar-refractivity contribution in [2.75, 3.05) is 18.0 Å². The largest absolute Gasteiger partial charge is 0.369 e. The minimum Gasteiger partial charge on any atom is -0.369 e. The van der Waals surface area contributed by atoms with Crippen LogP contribution >= 0.6 is 0 Å². The SMILES string of the molecule is N#Cc1cccc(F)c1-c1cc(-n2ccc(N3CCCC(C(N)=O)C3)n2)c2c(n1)CNC2=O. The van der Waals surface area contributed by atoms with Crippen molar-refractivity contribution in [3.8, 4) is 23.0 Å². The van der Waals surface area contributed by atoms with Gasteiger partial charge in [-0.15, -0.1) is 0 Å². The minimum absolute atomic E-state index is 0.0797. The van der Waals surface area contributed by atoms with Gasteiger partial charge in [0.15, 0.2) is 5.82 Å². The molecule has 0 aliphatic carbocycles. The Morgan fingerprint density at radius 1 is 1.30 bits per heavy atom. The molecule has 1 fully saturated rings. The fourth-order valence-corrected chi connectivity index (χ4v) is 4.43. The predicted molar refractivity (Wildman–Crippen MR) is 117 cm³/mol. The summed E-state index contributed by atoms with van der Waals surface area (Å²) in [5.74, 6) is -0.786. The average molecular weight is 445 g/mol. The van der Waals surface area contributed by atoms with Crippen LogP contribution in [-0.2, 0) is 11.3 Å². The maximum absolute atomic E-state index is 14.7. The fraction of sp³-hybridized carbons (Fsp3) is 0.261. The number of hydrogen-bond acceptors (Lipinski definition) is 6. The van der Waals surface area contributed by atoms with Crippen LogP contribution < -0.4 is 16.0 Å². The second kappa shape index (κ2) is 8.02. The third kappa shape index (κ3) is 3.57. The Bertz CT molecular complexity index is 1330. The molecule has 2 aliphatic rings. The van der Waals surface area contributed by atoms with E-state index in [9.17, 15) is 19.2 Å². The summed E-state index contributed by atoms with van der Waals surface area (Å²) < 4.78 is 16.2. The van der Waals surface area contributed by atoms with Crippen molar-refractivity contribution in [1.82, 2.24) is 20.1 Å². The van der Waals surface area contributed by atoms with E-state index in [4.69, 9.17) is 5.73 Å². The number of nitrogens with zero attached hydrogens (tertiary/aromatic N) is 5. The van der Waals surface area contributed by atoms with Gasteiger partial charge in [0, 0.05) is 25.4 Å². The fourth-order valence-electron chi connectivity index (χ4n) is 4.43. The Kier molecular flexibility index (Phi) is 5.01. The molecule has 2 aromatic heterocycles. The van der Waals surface area contributed by atoms with Crippen LogP contribution in [-0.4, -0.2) is 39.7 Å². The predicted octanol–water partition coefficient (Wildman–Crippen LogP) is 1.89. The lowest BCUT2D eigenvalue weighted by molar-refractivity contribution is -0.122. The maximum atomic E-state index is 14.7. The number of halogens is 1. The first-order chi connectivity index (χ1) is 16.0. The number of piperidine rings is 1. The van der Waals surface area contributed by atoms with Crippen LogP contribution in [0.2, 0.25) is 0 Å². The first-order valence-corrected chi connectivity index (χ1v) is 10.6. The van der Waals surface area contributed by atoms with E-state index < -0.39 is 5.82 Å². The number of primary amides is 1. The van der Waals surface area contributed by atoms with Gasteiger partial charge in [0.2, 0.25) is 5.91 Å². The van der Waals surface area contributed by atoms with Gasteiger partial charge in [-0.1, -0.05) is 6.07 Å². The minimum atomic E-state index is -0.573. The van der Waals surface area contributed by atoms with Gasteiger partial charge in [-0.2, -0.15) is 10.4 Å². The zero-order valence-electron chi connectivity index (χ0n) is 17.6. The number of carbonyl (C=O) groups is 2. The van der Waals surface area contributed by atoms with Crippen LogP contribution in [0.1, 0.15) is 34.5 Å².